The summed E-state index contributed by atoms with van der Waals surface area (Å²) in [5, 5.41) is 14.0. The second kappa shape index (κ2) is 4.35. The Morgan fingerprint density at radius 2 is 2.19 bits per heavy atom. The molecule has 2 aromatic rings. The Kier molecular flexibility index (Phi) is 3.07. The largest absolute Gasteiger partial charge is 0.382 e. The zero-order chi connectivity index (χ0) is 11.7. The third-order valence-electron chi connectivity index (χ3n) is 2.29. The molecule has 0 aliphatic rings. The maximum Gasteiger partial charge on any atom is 0.143 e. The van der Waals surface area contributed by atoms with Crippen LogP contribution in [0.1, 0.15) is 17.4 Å². The van der Waals surface area contributed by atoms with Crippen molar-refractivity contribution < 1.29 is 9.50 Å². The summed E-state index contributed by atoms with van der Waals surface area (Å²) in [5.41, 5.74) is 0.646. The van der Waals surface area contributed by atoms with Gasteiger partial charge in [-0.2, -0.15) is 5.10 Å². The molecule has 1 aromatic heterocycles. The minimum absolute atomic E-state index is 0.216. The van der Waals surface area contributed by atoms with E-state index >= 15 is 0 Å². The second-order valence-corrected chi connectivity index (χ2v) is 4.31. The Bertz CT molecular complexity index is 512. The highest BCUT2D eigenvalue weighted by Gasteiger charge is 2.18. The minimum atomic E-state index is -1.04. The monoisotopic (exact) mass is 284 g/mol. The molecule has 1 atom stereocenters. The van der Waals surface area contributed by atoms with Gasteiger partial charge in [0.2, 0.25) is 0 Å². The first-order valence-electron chi connectivity index (χ1n) is 4.71. The van der Waals surface area contributed by atoms with Crippen LogP contribution < -0.4 is 0 Å². The molecule has 5 heteroatoms. The number of hydrogen-bond donors (Lipinski definition) is 1. The van der Waals surface area contributed by atoms with Crippen molar-refractivity contribution in [3.8, 4) is 0 Å². The summed E-state index contributed by atoms with van der Waals surface area (Å²) in [6.45, 7) is 0. The predicted octanol–water partition coefficient (Wildman–Crippen LogP) is 2.40. The maximum absolute atomic E-state index is 13.7. The van der Waals surface area contributed by atoms with Crippen molar-refractivity contribution >= 4 is 15.9 Å². The fourth-order valence-electron chi connectivity index (χ4n) is 1.47. The van der Waals surface area contributed by atoms with Crippen molar-refractivity contribution in [2.75, 3.05) is 0 Å². The van der Waals surface area contributed by atoms with Gasteiger partial charge in [0.05, 0.1) is 10.2 Å². The lowest BCUT2D eigenvalue weighted by atomic mass is 10.1. The van der Waals surface area contributed by atoms with Crippen LogP contribution in [0.2, 0.25) is 0 Å². The number of aliphatic hydroxyl groups is 1. The first-order chi connectivity index (χ1) is 7.59. The van der Waals surface area contributed by atoms with E-state index in [4.69, 9.17) is 0 Å². The molecule has 1 N–H and O–H groups in total. The normalized spacial score (nSPS) is 12.8. The average Bonchev–Trinajstić information content (AvgIpc) is 2.68. The van der Waals surface area contributed by atoms with Gasteiger partial charge in [0.15, 0.2) is 0 Å². The van der Waals surface area contributed by atoms with Crippen LogP contribution >= 0.6 is 15.9 Å². The van der Waals surface area contributed by atoms with Crippen molar-refractivity contribution in [2.24, 2.45) is 7.05 Å². The molecule has 1 heterocycles. The number of aryl methyl sites for hydroxylation is 1. The van der Waals surface area contributed by atoms with Gasteiger partial charge < -0.3 is 5.11 Å². The third-order valence-corrected chi connectivity index (χ3v) is 2.90. The Hall–Kier alpha value is -1.20. The fraction of sp³-hybridized carbons (Fsp3) is 0.182. The summed E-state index contributed by atoms with van der Waals surface area (Å²) < 4.78 is 15.6. The molecule has 0 radical (unpaired) electrons. The van der Waals surface area contributed by atoms with Gasteiger partial charge in [0.25, 0.3) is 0 Å². The second-order valence-electron chi connectivity index (χ2n) is 3.46. The number of hydrogen-bond acceptors (Lipinski definition) is 2. The van der Waals surface area contributed by atoms with Crippen LogP contribution in [0.4, 0.5) is 4.39 Å². The number of aromatic nitrogens is 2. The molecule has 0 aliphatic heterocycles. The highest BCUT2D eigenvalue weighted by Crippen LogP contribution is 2.27. The predicted molar refractivity (Wildman–Crippen MR) is 61.4 cm³/mol. The van der Waals surface area contributed by atoms with Gasteiger partial charge in [0.1, 0.15) is 11.9 Å². The van der Waals surface area contributed by atoms with Crippen LogP contribution in [-0.4, -0.2) is 14.9 Å². The number of rotatable bonds is 2. The Balaban J connectivity index is 2.41. The molecule has 3 nitrogen and oxygen atoms in total. The Labute approximate surface area is 101 Å². The van der Waals surface area contributed by atoms with E-state index in [1.165, 1.54) is 0 Å². The molecule has 0 amide bonds. The van der Waals surface area contributed by atoms with Crippen LogP contribution in [0.3, 0.4) is 0 Å². The topological polar surface area (TPSA) is 38.0 Å². The third kappa shape index (κ3) is 2.01. The first kappa shape index (κ1) is 11.3. The highest BCUT2D eigenvalue weighted by atomic mass is 79.9. The van der Waals surface area contributed by atoms with E-state index in [9.17, 15) is 9.50 Å². The SMILES string of the molecule is Cn1ccc(C(O)c2cccc(Br)c2F)n1. The maximum atomic E-state index is 13.7. The summed E-state index contributed by atoms with van der Waals surface area (Å²) in [6.07, 6.45) is 0.660. The van der Waals surface area contributed by atoms with Crippen molar-refractivity contribution in [2.45, 2.75) is 6.10 Å². The van der Waals surface area contributed by atoms with E-state index in [0.29, 0.717) is 10.2 Å². The molecule has 84 valence electrons. The van der Waals surface area contributed by atoms with Crippen molar-refractivity contribution in [1.29, 1.82) is 0 Å². The molecule has 2 rings (SSSR count). The van der Waals surface area contributed by atoms with E-state index in [0.717, 1.165) is 0 Å². The number of benzene rings is 1. The molecular formula is C11H10BrFN2O. The standard InChI is InChI=1S/C11H10BrFN2O/c1-15-6-5-9(14-15)11(16)7-3-2-4-8(12)10(7)13/h2-6,11,16H,1H3. The van der Waals surface area contributed by atoms with Crippen molar-refractivity contribution in [3.63, 3.8) is 0 Å². The smallest absolute Gasteiger partial charge is 0.143 e. The molecule has 0 spiro atoms. The van der Waals surface area contributed by atoms with E-state index in [1.54, 1.807) is 42.2 Å². The molecule has 0 aliphatic carbocycles. The number of aliphatic hydroxyl groups excluding tert-OH is 1. The van der Waals surface area contributed by atoms with Crippen molar-refractivity contribution in [3.05, 3.63) is 52.0 Å². The summed E-state index contributed by atoms with van der Waals surface area (Å²) in [5.74, 6) is -0.458. The summed E-state index contributed by atoms with van der Waals surface area (Å²) in [7, 11) is 1.74. The van der Waals surface area contributed by atoms with Gasteiger partial charge in [-0.25, -0.2) is 4.39 Å². The summed E-state index contributed by atoms with van der Waals surface area (Å²) >= 11 is 3.08. The first-order valence-corrected chi connectivity index (χ1v) is 5.50. The molecule has 1 unspecified atom stereocenters. The zero-order valence-electron chi connectivity index (χ0n) is 8.56. The molecule has 0 fully saturated rings. The molecule has 16 heavy (non-hydrogen) atoms. The molecule has 0 saturated carbocycles. The van der Waals surface area contributed by atoms with Crippen LogP contribution in [-0.2, 0) is 7.05 Å². The Morgan fingerprint density at radius 1 is 1.44 bits per heavy atom. The number of halogens is 2. The highest BCUT2D eigenvalue weighted by molar-refractivity contribution is 9.10. The van der Waals surface area contributed by atoms with Crippen LogP contribution in [0.15, 0.2) is 34.9 Å². The van der Waals surface area contributed by atoms with Crippen LogP contribution in [0, 0.1) is 5.82 Å². The van der Waals surface area contributed by atoms with Gasteiger partial charge >= 0.3 is 0 Å². The van der Waals surface area contributed by atoms with Gasteiger partial charge in [-0.15, -0.1) is 0 Å². The van der Waals surface area contributed by atoms with E-state index in [1.807, 2.05) is 0 Å². The lowest BCUT2D eigenvalue weighted by Gasteiger charge is -2.10. The van der Waals surface area contributed by atoms with Crippen LogP contribution in [0.25, 0.3) is 0 Å². The minimum Gasteiger partial charge on any atom is -0.382 e. The average molecular weight is 285 g/mol. The van der Waals surface area contributed by atoms with Gasteiger partial charge in [0, 0.05) is 18.8 Å². The van der Waals surface area contributed by atoms with E-state index in [-0.39, 0.29) is 5.56 Å². The van der Waals surface area contributed by atoms with Gasteiger partial charge in [-0.1, -0.05) is 12.1 Å². The quantitative estimate of drug-likeness (QED) is 0.920. The molecular weight excluding hydrogens is 275 g/mol. The van der Waals surface area contributed by atoms with Crippen molar-refractivity contribution in [1.82, 2.24) is 9.78 Å². The molecule has 0 saturated heterocycles. The van der Waals surface area contributed by atoms with Gasteiger partial charge in [-0.3, -0.25) is 4.68 Å². The fourth-order valence-corrected chi connectivity index (χ4v) is 1.85. The van der Waals surface area contributed by atoms with Gasteiger partial charge in [-0.05, 0) is 28.1 Å². The lowest BCUT2D eigenvalue weighted by molar-refractivity contribution is 0.209. The summed E-state index contributed by atoms with van der Waals surface area (Å²) in [4.78, 5) is 0. The van der Waals surface area contributed by atoms with Crippen LogP contribution in [0.5, 0.6) is 0 Å². The molecule has 0 bridgehead atoms. The van der Waals surface area contributed by atoms with E-state index < -0.39 is 11.9 Å². The number of nitrogens with zero attached hydrogens (tertiary/aromatic N) is 2. The summed E-state index contributed by atoms with van der Waals surface area (Å²) in [6, 6.07) is 6.46. The molecule has 1 aromatic carbocycles. The zero-order valence-corrected chi connectivity index (χ0v) is 10.1. The Morgan fingerprint density at radius 3 is 2.81 bits per heavy atom. The lowest BCUT2D eigenvalue weighted by Crippen LogP contribution is -2.04. The van der Waals surface area contributed by atoms with E-state index in [2.05, 4.69) is 21.0 Å².